The van der Waals surface area contributed by atoms with E-state index in [9.17, 15) is 0 Å². The van der Waals surface area contributed by atoms with Crippen molar-refractivity contribution in [3.8, 4) is 0 Å². The molecule has 28 valence electrons. The summed E-state index contributed by atoms with van der Waals surface area (Å²) in [6.07, 6.45) is 4.76. The number of ether oxygens (including phenoxy) is 1. The Morgan fingerprint density at radius 1 is 1.67 bits per heavy atom. The summed E-state index contributed by atoms with van der Waals surface area (Å²) in [4.78, 5) is 0. The van der Waals surface area contributed by atoms with Crippen molar-refractivity contribution in [2.24, 2.45) is 0 Å². The van der Waals surface area contributed by atoms with Gasteiger partial charge in [0.05, 0.1) is 0 Å². The Labute approximate surface area is 59.7 Å². The summed E-state index contributed by atoms with van der Waals surface area (Å²) in [6.45, 7) is 1.46. The Balaban J connectivity index is 0.000000250. The van der Waals surface area contributed by atoms with Crippen LogP contribution in [0.3, 0.4) is 0 Å². The fourth-order valence-corrected chi connectivity index (χ4v) is 0.295. The van der Waals surface area contributed by atoms with Crippen LogP contribution in [0.15, 0.2) is 6.08 Å². The molecule has 1 heterocycles. The summed E-state index contributed by atoms with van der Waals surface area (Å²) in [7, 11) is 0. The smallest absolute Gasteiger partial charge is 0.472 e. The van der Waals surface area contributed by atoms with Crippen LogP contribution in [0.25, 0.3) is 0 Å². The molecule has 0 aromatic heterocycles. The van der Waals surface area contributed by atoms with Crippen molar-refractivity contribution in [2.75, 3.05) is 13.2 Å². The van der Waals surface area contributed by atoms with Crippen molar-refractivity contribution in [1.29, 1.82) is 0 Å². The van der Waals surface area contributed by atoms with Gasteiger partial charge in [0, 0.05) is 6.61 Å². The number of hydrogen-bond acceptors (Lipinski definition) is 1. The van der Waals surface area contributed by atoms with E-state index in [2.05, 4.69) is 6.08 Å². The molecule has 0 atom stereocenters. The third-order valence-corrected chi connectivity index (χ3v) is 0.531. The van der Waals surface area contributed by atoms with Gasteiger partial charge in [-0.3, -0.25) is 0 Å². The Morgan fingerprint density at radius 3 is 2.67 bits per heavy atom. The van der Waals surface area contributed by atoms with E-state index < -0.39 is 0 Å². The van der Waals surface area contributed by atoms with E-state index >= 15 is 0 Å². The van der Waals surface area contributed by atoms with Crippen LogP contribution in [0.5, 0.6) is 0 Å². The molecule has 0 saturated heterocycles. The van der Waals surface area contributed by atoms with Gasteiger partial charge in [0.1, 0.15) is 0 Å². The van der Waals surface area contributed by atoms with Gasteiger partial charge in [-0.2, -0.15) is 0 Å². The van der Waals surface area contributed by atoms with Crippen LogP contribution in [0, 0.1) is 6.08 Å². The Bertz CT molecular complexity index is 45.5. The molecule has 0 aliphatic carbocycles. The van der Waals surface area contributed by atoms with Crippen molar-refractivity contribution in [2.45, 2.75) is 0 Å². The first kappa shape index (κ1) is 6.70. The fraction of sp³-hybridized carbons (Fsp3) is 0.500. The largest absolute Gasteiger partial charge is 1.00 e. The minimum Gasteiger partial charge on any atom is -0.472 e. The Morgan fingerprint density at radius 2 is 2.50 bits per heavy atom. The maximum Gasteiger partial charge on any atom is 1.00 e. The molecular weight excluding hydrogens is 87.0 g/mol. The molecule has 0 spiro atoms. The van der Waals surface area contributed by atoms with Gasteiger partial charge < -0.3 is 10.8 Å². The maximum absolute atomic E-state index is 4.78. The molecule has 0 bridgehead atoms. The van der Waals surface area contributed by atoms with Gasteiger partial charge in [0.15, 0.2) is 0 Å². The average Bonchev–Trinajstić information content (AvgIpc) is 1.76. The minimum atomic E-state index is 0. The van der Waals surface area contributed by atoms with Crippen molar-refractivity contribution >= 4 is 0 Å². The van der Waals surface area contributed by atoms with Crippen molar-refractivity contribution < 1.29 is 34.3 Å². The normalized spacial score (nSPS) is 17.3. The van der Waals surface area contributed by atoms with Crippen LogP contribution in [0.2, 0.25) is 0 Å². The number of rotatable bonds is 0. The second-order valence-electron chi connectivity index (χ2n) is 0.923. The molecule has 0 unspecified atom stereocenters. The summed E-state index contributed by atoms with van der Waals surface area (Å²) in [5.41, 5.74) is 0. The summed E-state index contributed by atoms with van der Waals surface area (Å²) >= 11 is 0. The predicted octanol–water partition coefficient (Wildman–Crippen LogP) is -2.62. The summed E-state index contributed by atoms with van der Waals surface area (Å²) in [5, 5.41) is 0. The van der Waals surface area contributed by atoms with Gasteiger partial charge in [-0.1, -0.05) is 6.61 Å². The molecule has 0 N–H and O–H groups in total. The molecule has 0 aromatic rings. The molecule has 1 aliphatic rings. The summed E-state index contributed by atoms with van der Waals surface area (Å²) in [5.74, 6) is 0. The van der Waals surface area contributed by atoms with E-state index in [1.807, 2.05) is 6.08 Å². The molecule has 0 aromatic carbocycles. The van der Waals surface area contributed by atoms with Crippen molar-refractivity contribution in [3.63, 3.8) is 0 Å². The fourth-order valence-electron chi connectivity index (χ4n) is 0.295. The zero-order chi connectivity index (χ0) is 3.54. The van der Waals surface area contributed by atoms with Crippen LogP contribution >= 0.6 is 0 Å². The molecule has 1 rings (SSSR count). The van der Waals surface area contributed by atoms with E-state index in [0.717, 1.165) is 6.61 Å². The van der Waals surface area contributed by atoms with Gasteiger partial charge in [0.25, 0.3) is 0 Å². The molecule has 6 heavy (non-hydrogen) atoms. The monoisotopic (exact) mass is 92.0 g/mol. The third-order valence-electron chi connectivity index (χ3n) is 0.531. The van der Waals surface area contributed by atoms with E-state index in [1.165, 1.54) is 0 Å². The van der Waals surface area contributed by atoms with Crippen LogP contribution in [-0.2, 0) is 4.74 Å². The summed E-state index contributed by atoms with van der Waals surface area (Å²) in [6, 6.07) is 0. The topological polar surface area (TPSA) is 9.23 Å². The van der Waals surface area contributed by atoms with Gasteiger partial charge in [0.2, 0.25) is 0 Å². The van der Waals surface area contributed by atoms with Crippen LogP contribution in [0.1, 0.15) is 0 Å². The van der Waals surface area contributed by atoms with Crippen LogP contribution in [-0.4, -0.2) is 13.2 Å². The Hall–Kier alpha value is 0.700. The quantitative estimate of drug-likeness (QED) is 0.235. The first-order valence-electron chi connectivity index (χ1n) is 1.63. The summed E-state index contributed by atoms with van der Waals surface area (Å²) < 4.78 is 4.78. The van der Waals surface area contributed by atoms with E-state index in [0.29, 0.717) is 6.61 Å². The molecule has 0 fully saturated rings. The van der Waals surface area contributed by atoms with Crippen molar-refractivity contribution in [1.82, 2.24) is 0 Å². The molecular formula is C4H5NaO. The standard InChI is InChI=1S/C4H5O.Na/c1-2-4-5-3-1;/h1H,3-4H2;/q-1;+1. The van der Waals surface area contributed by atoms with Gasteiger partial charge >= 0.3 is 29.6 Å². The van der Waals surface area contributed by atoms with Gasteiger partial charge in [-0.25, -0.2) is 6.08 Å². The average molecular weight is 92.1 g/mol. The van der Waals surface area contributed by atoms with E-state index in [4.69, 9.17) is 4.74 Å². The predicted molar refractivity (Wildman–Crippen MR) is 18.6 cm³/mol. The van der Waals surface area contributed by atoms with Gasteiger partial charge in [-0.05, 0) is 0 Å². The third kappa shape index (κ3) is 1.98. The van der Waals surface area contributed by atoms with E-state index in [1.54, 1.807) is 0 Å². The maximum atomic E-state index is 4.78. The first-order chi connectivity index (χ1) is 2.50. The molecule has 2 heteroatoms. The molecule has 0 amide bonds. The number of hydrogen-bond donors (Lipinski definition) is 0. The minimum absolute atomic E-state index is 0. The van der Waals surface area contributed by atoms with Crippen molar-refractivity contribution in [3.05, 3.63) is 12.2 Å². The SMILES string of the molecule is [C-]1=CCOC1.[Na+]. The Kier molecular flexibility index (Phi) is 4.33. The molecule has 0 saturated carbocycles. The first-order valence-corrected chi connectivity index (χ1v) is 1.63. The molecule has 0 radical (unpaired) electrons. The zero-order valence-electron chi connectivity index (χ0n) is 3.90. The zero-order valence-corrected chi connectivity index (χ0v) is 5.90. The molecule has 1 nitrogen and oxygen atoms in total. The van der Waals surface area contributed by atoms with Gasteiger partial charge in [-0.15, -0.1) is 0 Å². The van der Waals surface area contributed by atoms with E-state index in [-0.39, 0.29) is 29.6 Å². The van der Waals surface area contributed by atoms with Crippen LogP contribution < -0.4 is 29.6 Å². The second-order valence-corrected chi connectivity index (χ2v) is 0.923. The second kappa shape index (κ2) is 3.88. The van der Waals surface area contributed by atoms with Crippen LogP contribution in [0.4, 0.5) is 0 Å². The molecule has 1 aliphatic heterocycles.